The molecular formula is C16H27N3O. The molecule has 0 saturated carbocycles. The van der Waals surface area contributed by atoms with Gasteiger partial charge in [-0.05, 0) is 50.9 Å². The molecule has 1 aliphatic heterocycles. The van der Waals surface area contributed by atoms with Gasteiger partial charge in [0.2, 0.25) is 5.88 Å². The average Bonchev–Trinajstić information content (AvgIpc) is 2.84. The Hall–Kier alpha value is -1.13. The maximum Gasteiger partial charge on any atom is 0.213 e. The second kappa shape index (κ2) is 7.60. The minimum absolute atomic E-state index is 0.543. The third-order valence-electron chi connectivity index (χ3n) is 4.03. The number of pyridine rings is 1. The molecule has 1 fully saturated rings. The number of rotatable bonds is 7. The molecule has 1 unspecified atom stereocenters. The van der Waals surface area contributed by atoms with E-state index in [1.807, 2.05) is 6.07 Å². The predicted molar refractivity (Wildman–Crippen MR) is 81.9 cm³/mol. The van der Waals surface area contributed by atoms with E-state index < -0.39 is 0 Å². The number of nitrogens with zero attached hydrogens (tertiary/aromatic N) is 2. The molecule has 0 amide bonds. The number of nitrogens with two attached hydrogens (primary N) is 1. The van der Waals surface area contributed by atoms with Gasteiger partial charge in [0.25, 0.3) is 0 Å². The van der Waals surface area contributed by atoms with Crippen molar-refractivity contribution in [3.05, 3.63) is 23.4 Å². The first-order valence-electron chi connectivity index (χ1n) is 7.76. The summed E-state index contributed by atoms with van der Waals surface area (Å²) in [4.78, 5) is 6.99. The zero-order valence-electron chi connectivity index (χ0n) is 12.8. The van der Waals surface area contributed by atoms with Crippen LogP contribution in [0.5, 0.6) is 5.88 Å². The minimum atomic E-state index is 0.543. The summed E-state index contributed by atoms with van der Waals surface area (Å²) >= 11 is 0. The summed E-state index contributed by atoms with van der Waals surface area (Å²) in [5.74, 6) is 0.733. The van der Waals surface area contributed by atoms with Gasteiger partial charge in [0, 0.05) is 24.3 Å². The van der Waals surface area contributed by atoms with E-state index >= 15 is 0 Å². The first-order chi connectivity index (χ1) is 9.72. The Labute approximate surface area is 122 Å². The van der Waals surface area contributed by atoms with Crippen molar-refractivity contribution in [1.29, 1.82) is 0 Å². The SMILES string of the molecule is CCCc1cc(CN)cc(OCCC2CCCN2C)n1. The minimum Gasteiger partial charge on any atom is -0.478 e. The van der Waals surface area contributed by atoms with Crippen LogP contribution in [0.4, 0.5) is 0 Å². The largest absolute Gasteiger partial charge is 0.478 e. The lowest BCUT2D eigenvalue weighted by atomic mass is 10.1. The molecule has 0 radical (unpaired) electrons. The van der Waals surface area contributed by atoms with E-state index in [0.717, 1.165) is 43.0 Å². The topological polar surface area (TPSA) is 51.4 Å². The molecule has 112 valence electrons. The number of aromatic nitrogens is 1. The fourth-order valence-corrected chi connectivity index (χ4v) is 2.84. The van der Waals surface area contributed by atoms with Crippen LogP contribution in [0, 0.1) is 0 Å². The van der Waals surface area contributed by atoms with Crippen LogP contribution in [-0.4, -0.2) is 36.1 Å². The highest BCUT2D eigenvalue weighted by Gasteiger charge is 2.20. The van der Waals surface area contributed by atoms with Gasteiger partial charge in [-0.25, -0.2) is 4.98 Å². The zero-order chi connectivity index (χ0) is 14.4. The summed E-state index contributed by atoms with van der Waals surface area (Å²) < 4.78 is 5.85. The highest BCUT2D eigenvalue weighted by Crippen LogP contribution is 2.19. The van der Waals surface area contributed by atoms with Gasteiger partial charge in [0.1, 0.15) is 0 Å². The molecule has 1 aliphatic rings. The third kappa shape index (κ3) is 4.18. The smallest absolute Gasteiger partial charge is 0.213 e. The molecular weight excluding hydrogens is 250 g/mol. The molecule has 1 aromatic heterocycles. The normalized spacial score (nSPS) is 19.4. The molecule has 0 aliphatic carbocycles. The lowest BCUT2D eigenvalue weighted by Gasteiger charge is -2.19. The summed E-state index contributed by atoms with van der Waals surface area (Å²) in [7, 11) is 2.20. The summed E-state index contributed by atoms with van der Waals surface area (Å²) in [6.07, 6.45) is 5.75. The summed E-state index contributed by atoms with van der Waals surface area (Å²) in [5, 5.41) is 0. The van der Waals surface area contributed by atoms with E-state index in [1.165, 1.54) is 19.4 Å². The van der Waals surface area contributed by atoms with Crippen molar-refractivity contribution >= 4 is 0 Å². The van der Waals surface area contributed by atoms with Gasteiger partial charge in [0.05, 0.1) is 6.61 Å². The van der Waals surface area contributed by atoms with Gasteiger partial charge < -0.3 is 15.4 Å². The lowest BCUT2D eigenvalue weighted by molar-refractivity contribution is 0.228. The molecule has 0 aromatic carbocycles. The second-order valence-corrected chi connectivity index (χ2v) is 5.67. The van der Waals surface area contributed by atoms with Crippen molar-refractivity contribution < 1.29 is 4.74 Å². The molecule has 1 saturated heterocycles. The predicted octanol–water partition coefficient (Wildman–Crippen LogP) is 2.36. The maximum atomic E-state index is 5.85. The third-order valence-corrected chi connectivity index (χ3v) is 4.03. The van der Waals surface area contributed by atoms with Crippen LogP contribution in [0.3, 0.4) is 0 Å². The molecule has 4 nitrogen and oxygen atoms in total. The quantitative estimate of drug-likeness (QED) is 0.831. The molecule has 0 spiro atoms. The van der Waals surface area contributed by atoms with Crippen LogP contribution in [0.1, 0.15) is 43.9 Å². The summed E-state index contributed by atoms with van der Waals surface area (Å²) in [5.41, 5.74) is 7.93. The highest BCUT2D eigenvalue weighted by atomic mass is 16.5. The molecule has 2 rings (SSSR count). The first-order valence-corrected chi connectivity index (χ1v) is 7.76. The Bertz CT molecular complexity index is 422. The van der Waals surface area contributed by atoms with Crippen LogP contribution in [0.2, 0.25) is 0 Å². The van der Waals surface area contributed by atoms with Gasteiger partial charge in [0.15, 0.2) is 0 Å². The van der Waals surface area contributed by atoms with Crippen LogP contribution in [0.15, 0.2) is 12.1 Å². The first kappa shape index (κ1) is 15.3. The van der Waals surface area contributed by atoms with Crippen LogP contribution in [-0.2, 0) is 13.0 Å². The van der Waals surface area contributed by atoms with E-state index in [-0.39, 0.29) is 0 Å². The number of likely N-dealkylation sites (tertiary alicyclic amines) is 1. The van der Waals surface area contributed by atoms with Crippen molar-refractivity contribution in [3.8, 4) is 5.88 Å². The van der Waals surface area contributed by atoms with Crippen molar-refractivity contribution in [1.82, 2.24) is 9.88 Å². The standard InChI is InChI=1S/C16H27N3O/c1-3-5-14-10-13(12-17)11-16(18-14)20-9-7-15-6-4-8-19(15)2/h10-11,15H,3-9,12,17H2,1-2H3. The number of hydrogen-bond donors (Lipinski definition) is 1. The molecule has 20 heavy (non-hydrogen) atoms. The number of hydrogen-bond acceptors (Lipinski definition) is 4. The van der Waals surface area contributed by atoms with Gasteiger partial charge in [-0.15, -0.1) is 0 Å². The van der Waals surface area contributed by atoms with Gasteiger partial charge in [-0.1, -0.05) is 13.3 Å². The average molecular weight is 277 g/mol. The number of ether oxygens (including phenoxy) is 1. The molecule has 0 bridgehead atoms. The molecule has 1 atom stereocenters. The van der Waals surface area contributed by atoms with E-state index in [9.17, 15) is 0 Å². The maximum absolute atomic E-state index is 5.85. The Morgan fingerprint density at radius 3 is 2.95 bits per heavy atom. The van der Waals surface area contributed by atoms with E-state index in [1.54, 1.807) is 0 Å². The highest BCUT2D eigenvalue weighted by molar-refractivity contribution is 5.25. The summed E-state index contributed by atoms with van der Waals surface area (Å²) in [6.45, 7) is 4.65. The van der Waals surface area contributed by atoms with E-state index in [4.69, 9.17) is 10.5 Å². The Kier molecular flexibility index (Phi) is 5.80. The van der Waals surface area contributed by atoms with Crippen molar-refractivity contribution in [2.75, 3.05) is 20.2 Å². The Morgan fingerprint density at radius 1 is 1.45 bits per heavy atom. The van der Waals surface area contributed by atoms with Gasteiger partial charge in [-0.3, -0.25) is 0 Å². The van der Waals surface area contributed by atoms with Gasteiger partial charge in [-0.2, -0.15) is 0 Å². The Morgan fingerprint density at radius 2 is 2.30 bits per heavy atom. The van der Waals surface area contributed by atoms with E-state index in [0.29, 0.717) is 12.6 Å². The van der Waals surface area contributed by atoms with Crippen LogP contribution < -0.4 is 10.5 Å². The van der Waals surface area contributed by atoms with E-state index in [2.05, 4.69) is 29.9 Å². The fraction of sp³-hybridized carbons (Fsp3) is 0.688. The molecule has 1 aromatic rings. The van der Waals surface area contributed by atoms with Crippen LogP contribution >= 0.6 is 0 Å². The molecule has 2 N–H and O–H groups in total. The monoisotopic (exact) mass is 277 g/mol. The molecule has 4 heteroatoms. The zero-order valence-corrected chi connectivity index (χ0v) is 12.8. The van der Waals surface area contributed by atoms with Gasteiger partial charge >= 0.3 is 0 Å². The lowest BCUT2D eigenvalue weighted by Crippen LogP contribution is -2.26. The van der Waals surface area contributed by atoms with Crippen LogP contribution in [0.25, 0.3) is 0 Å². The Balaban J connectivity index is 1.89. The number of aryl methyl sites for hydroxylation is 1. The molecule has 2 heterocycles. The summed E-state index contributed by atoms with van der Waals surface area (Å²) in [6, 6.07) is 4.72. The fourth-order valence-electron chi connectivity index (χ4n) is 2.84. The van der Waals surface area contributed by atoms with Crippen molar-refractivity contribution in [3.63, 3.8) is 0 Å². The van der Waals surface area contributed by atoms with Crippen molar-refractivity contribution in [2.24, 2.45) is 5.73 Å². The second-order valence-electron chi connectivity index (χ2n) is 5.67. The van der Waals surface area contributed by atoms with Crippen molar-refractivity contribution in [2.45, 2.75) is 51.6 Å².